The van der Waals surface area contributed by atoms with Crippen LogP contribution in [0.2, 0.25) is 0 Å². The Morgan fingerprint density at radius 1 is 0.400 bits per heavy atom. The van der Waals surface area contributed by atoms with E-state index in [4.69, 9.17) is 19.4 Å². The predicted octanol–water partition coefficient (Wildman–Crippen LogP) is 10.1. The third-order valence-corrected chi connectivity index (χ3v) is 8.38. The third-order valence-electron chi connectivity index (χ3n) is 8.38. The zero-order valence-electron chi connectivity index (χ0n) is 24.1. The molecule has 0 atom stereocenters. The number of pyridine rings is 1. The van der Waals surface area contributed by atoms with Gasteiger partial charge < -0.3 is 4.42 Å². The van der Waals surface area contributed by atoms with E-state index < -0.39 is 0 Å². The maximum atomic E-state index is 6.15. The van der Waals surface area contributed by atoms with Crippen LogP contribution in [0.5, 0.6) is 0 Å². The number of benzene rings is 6. The number of furan rings is 1. The van der Waals surface area contributed by atoms with Crippen molar-refractivity contribution in [2.45, 2.75) is 0 Å². The van der Waals surface area contributed by atoms with Gasteiger partial charge in [-0.05, 0) is 56.9 Å². The minimum Gasteiger partial charge on any atom is -0.454 e. The largest absolute Gasteiger partial charge is 0.454 e. The number of aromatic nitrogens is 4. The first kappa shape index (κ1) is 25.3. The fourth-order valence-corrected chi connectivity index (χ4v) is 6.13. The minimum absolute atomic E-state index is 0.547. The average Bonchev–Trinajstić information content (AvgIpc) is 3.50. The van der Waals surface area contributed by atoms with Crippen molar-refractivity contribution in [3.8, 4) is 45.3 Å². The summed E-state index contributed by atoms with van der Waals surface area (Å²) in [5.41, 5.74) is 6.47. The van der Waals surface area contributed by atoms with E-state index in [0.717, 1.165) is 54.8 Å². The smallest absolute Gasteiger partial charge is 0.166 e. The Bertz CT molecular complexity index is 2550. The molecular formula is C40H24N4O. The lowest BCUT2D eigenvalue weighted by molar-refractivity contribution is 0.667. The van der Waals surface area contributed by atoms with E-state index in [2.05, 4.69) is 102 Å². The van der Waals surface area contributed by atoms with Gasteiger partial charge in [0.15, 0.2) is 23.1 Å². The summed E-state index contributed by atoms with van der Waals surface area (Å²) in [6.07, 6.45) is 3.57. The molecule has 3 heterocycles. The summed E-state index contributed by atoms with van der Waals surface area (Å²) in [4.78, 5) is 19.7. The van der Waals surface area contributed by atoms with Gasteiger partial charge in [-0.2, -0.15) is 0 Å². The lowest BCUT2D eigenvalue weighted by atomic mass is 9.99. The van der Waals surface area contributed by atoms with E-state index >= 15 is 0 Å². The fraction of sp³-hybridized carbons (Fsp3) is 0. The van der Waals surface area contributed by atoms with Crippen LogP contribution < -0.4 is 0 Å². The van der Waals surface area contributed by atoms with Crippen LogP contribution in [0.1, 0.15) is 0 Å². The maximum absolute atomic E-state index is 6.15. The summed E-state index contributed by atoms with van der Waals surface area (Å²) in [7, 11) is 0. The number of hydrogen-bond acceptors (Lipinski definition) is 5. The highest BCUT2D eigenvalue weighted by Gasteiger charge is 2.18. The molecule has 0 aliphatic heterocycles. The highest BCUT2D eigenvalue weighted by Crippen LogP contribution is 2.36. The van der Waals surface area contributed by atoms with Crippen LogP contribution in [0.3, 0.4) is 0 Å². The van der Waals surface area contributed by atoms with Crippen molar-refractivity contribution in [2.24, 2.45) is 0 Å². The van der Waals surface area contributed by atoms with E-state index in [1.807, 2.05) is 42.6 Å². The molecule has 0 aliphatic carbocycles. The van der Waals surface area contributed by atoms with Gasteiger partial charge in [-0.1, -0.05) is 109 Å². The predicted molar refractivity (Wildman–Crippen MR) is 182 cm³/mol. The topological polar surface area (TPSA) is 64.7 Å². The molecule has 0 unspecified atom stereocenters. The van der Waals surface area contributed by atoms with Gasteiger partial charge >= 0.3 is 0 Å². The average molecular weight is 577 g/mol. The molecule has 6 aromatic carbocycles. The van der Waals surface area contributed by atoms with Gasteiger partial charge in [0.1, 0.15) is 5.58 Å². The molecule has 5 heteroatoms. The van der Waals surface area contributed by atoms with Crippen LogP contribution in [-0.4, -0.2) is 19.9 Å². The number of hydrogen-bond donors (Lipinski definition) is 0. The van der Waals surface area contributed by atoms with Crippen molar-refractivity contribution in [3.05, 3.63) is 146 Å². The molecule has 3 aromatic heterocycles. The van der Waals surface area contributed by atoms with Crippen LogP contribution in [0.15, 0.2) is 150 Å². The van der Waals surface area contributed by atoms with Gasteiger partial charge in [-0.3, -0.25) is 4.98 Å². The lowest BCUT2D eigenvalue weighted by Gasteiger charge is -2.11. The van der Waals surface area contributed by atoms with Gasteiger partial charge in [0, 0.05) is 33.7 Å². The van der Waals surface area contributed by atoms with Gasteiger partial charge in [0.25, 0.3) is 0 Å². The van der Waals surface area contributed by atoms with Crippen LogP contribution >= 0.6 is 0 Å². The summed E-state index contributed by atoms with van der Waals surface area (Å²) >= 11 is 0. The quantitative estimate of drug-likeness (QED) is 0.209. The molecule has 9 aromatic rings. The first-order chi connectivity index (χ1) is 22.3. The molecule has 0 saturated heterocycles. The Morgan fingerprint density at radius 2 is 1.00 bits per heavy atom. The van der Waals surface area contributed by atoms with Crippen LogP contribution in [0.4, 0.5) is 0 Å². The third kappa shape index (κ3) is 4.41. The molecule has 0 amide bonds. The monoisotopic (exact) mass is 576 g/mol. The van der Waals surface area contributed by atoms with E-state index in [0.29, 0.717) is 23.1 Å². The molecule has 0 saturated carbocycles. The highest BCUT2D eigenvalue weighted by molar-refractivity contribution is 6.11. The molecule has 0 bridgehead atoms. The van der Waals surface area contributed by atoms with Crippen molar-refractivity contribution >= 4 is 43.5 Å². The fourth-order valence-electron chi connectivity index (χ4n) is 6.13. The molecule has 210 valence electrons. The van der Waals surface area contributed by atoms with E-state index in [1.165, 1.54) is 10.9 Å². The molecule has 0 radical (unpaired) electrons. The summed E-state index contributed by atoms with van der Waals surface area (Å²) in [5, 5.41) is 6.50. The molecule has 0 aliphatic rings. The molecular weight excluding hydrogens is 552 g/mol. The SMILES string of the molecule is c1ccc(-c2ccc3ccc(-c4nc(-c5ccc6ccccc6c5)nc(-c5cncc6oc7ccccc7c56)n4)cc3c2)cc1. The number of nitrogens with zero attached hydrogens (tertiary/aromatic N) is 4. The molecule has 0 fully saturated rings. The van der Waals surface area contributed by atoms with Crippen molar-refractivity contribution in [2.75, 3.05) is 0 Å². The molecule has 0 spiro atoms. The minimum atomic E-state index is 0.547. The number of para-hydroxylation sites is 1. The summed E-state index contributed by atoms with van der Waals surface area (Å²) in [6.45, 7) is 0. The lowest BCUT2D eigenvalue weighted by Crippen LogP contribution is -2.01. The second kappa shape index (κ2) is 10.2. The van der Waals surface area contributed by atoms with E-state index in [1.54, 1.807) is 6.20 Å². The first-order valence-corrected chi connectivity index (χ1v) is 14.9. The number of fused-ring (bicyclic) bond motifs is 5. The van der Waals surface area contributed by atoms with Crippen molar-refractivity contribution in [1.82, 2.24) is 19.9 Å². The maximum Gasteiger partial charge on any atom is 0.166 e. The Balaban J connectivity index is 1.27. The van der Waals surface area contributed by atoms with Crippen molar-refractivity contribution < 1.29 is 4.42 Å². The first-order valence-electron chi connectivity index (χ1n) is 14.9. The van der Waals surface area contributed by atoms with Crippen LogP contribution in [0.25, 0.3) is 88.8 Å². The molecule has 5 nitrogen and oxygen atoms in total. The van der Waals surface area contributed by atoms with Gasteiger partial charge in [0.05, 0.1) is 6.20 Å². The Kier molecular flexibility index (Phi) is 5.74. The van der Waals surface area contributed by atoms with Crippen molar-refractivity contribution in [1.29, 1.82) is 0 Å². The van der Waals surface area contributed by atoms with Gasteiger partial charge in [-0.15, -0.1) is 0 Å². The van der Waals surface area contributed by atoms with Crippen LogP contribution in [-0.2, 0) is 0 Å². The number of rotatable bonds is 4. The molecule has 9 rings (SSSR count). The Hall–Kier alpha value is -6.20. The zero-order valence-corrected chi connectivity index (χ0v) is 24.1. The second-order valence-electron chi connectivity index (χ2n) is 11.2. The summed E-state index contributed by atoms with van der Waals surface area (Å²) < 4.78 is 6.15. The summed E-state index contributed by atoms with van der Waals surface area (Å²) in [6, 6.07) is 46.0. The molecule has 45 heavy (non-hydrogen) atoms. The van der Waals surface area contributed by atoms with Gasteiger partial charge in [-0.25, -0.2) is 15.0 Å². The van der Waals surface area contributed by atoms with Crippen molar-refractivity contribution in [3.63, 3.8) is 0 Å². The standard InChI is InChI=1S/C40H24N4O/c1-2-8-25(9-3-1)29-17-14-27-16-19-31(22-32(27)21-29)39-42-38(30-18-15-26-10-4-5-11-28(26)20-30)43-40(44-39)34-23-41-24-36-37(34)33-12-6-7-13-35(33)45-36/h1-24H. The van der Waals surface area contributed by atoms with Crippen LogP contribution in [0, 0.1) is 0 Å². The van der Waals surface area contributed by atoms with E-state index in [9.17, 15) is 0 Å². The zero-order chi connectivity index (χ0) is 29.7. The highest BCUT2D eigenvalue weighted by atomic mass is 16.3. The second-order valence-corrected chi connectivity index (χ2v) is 11.2. The normalized spacial score (nSPS) is 11.6. The van der Waals surface area contributed by atoms with E-state index in [-0.39, 0.29) is 0 Å². The Morgan fingerprint density at radius 3 is 1.80 bits per heavy atom. The summed E-state index contributed by atoms with van der Waals surface area (Å²) in [5.74, 6) is 1.75. The van der Waals surface area contributed by atoms with Gasteiger partial charge in [0.2, 0.25) is 0 Å². The molecule has 0 N–H and O–H groups in total. The Labute approximate surface area is 258 Å².